The number of carbonyl (C=O) groups is 3. The van der Waals surface area contributed by atoms with Crippen molar-refractivity contribution >= 4 is 29.3 Å². The fraction of sp³-hybridized carbons (Fsp3) is 0.444. The maximum atomic E-state index is 13.9. The molecule has 1 aromatic rings. The van der Waals surface area contributed by atoms with Crippen molar-refractivity contribution in [2.24, 2.45) is 17.6 Å². The number of carbonyl (C=O) groups excluding carboxylic acids is 3. The lowest BCUT2D eigenvalue weighted by Gasteiger charge is -2.50. The fourth-order valence-corrected chi connectivity index (χ4v) is 6.21. The fourth-order valence-electron chi connectivity index (χ4n) is 6.21. The summed E-state index contributed by atoms with van der Waals surface area (Å²) in [6, 6.07) is 0.778. The van der Waals surface area contributed by atoms with Crippen LogP contribution in [0.4, 0.5) is 0 Å². The zero-order valence-corrected chi connectivity index (χ0v) is 20.8. The molecule has 0 unspecified atom stereocenters. The number of aliphatic hydroxyl groups is 3. The third-order valence-corrected chi connectivity index (χ3v) is 7.71. The number of hydrogen-bond acceptors (Lipinski definition) is 8. The number of nitrogens with zero attached hydrogens (tertiary/aromatic N) is 1. The molecular formula is C27H32N2O7. The number of amides is 1. The van der Waals surface area contributed by atoms with E-state index in [1.54, 1.807) is 33.2 Å². The minimum absolute atomic E-state index is 0.0781. The SMILES string of the molecule is C/C=C/c1cc(CCC)c2c(c1O)C(O)=C1C(=O)[C@@]3(O)C(O)=C(C(N)=O)C(=O)[C@H](N(C)C)[C@H]3C[C@H]1C2. The van der Waals surface area contributed by atoms with Crippen LogP contribution in [0.2, 0.25) is 0 Å². The summed E-state index contributed by atoms with van der Waals surface area (Å²) in [5, 5.41) is 45.0. The van der Waals surface area contributed by atoms with E-state index in [9.17, 15) is 34.8 Å². The number of phenolic OH excluding ortho intramolecular Hbond substituents is 1. The average molecular weight is 497 g/mol. The number of phenols is 1. The molecule has 0 aliphatic heterocycles. The number of aryl methyl sites for hydroxylation is 1. The number of hydrogen-bond donors (Lipinski definition) is 5. The zero-order valence-electron chi connectivity index (χ0n) is 20.8. The summed E-state index contributed by atoms with van der Waals surface area (Å²) < 4.78 is 0. The largest absolute Gasteiger partial charge is 0.508 e. The van der Waals surface area contributed by atoms with Gasteiger partial charge in [-0.2, -0.15) is 0 Å². The van der Waals surface area contributed by atoms with Gasteiger partial charge in [0.15, 0.2) is 11.4 Å². The second-order valence-corrected chi connectivity index (χ2v) is 10.0. The van der Waals surface area contributed by atoms with Gasteiger partial charge in [0.2, 0.25) is 5.78 Å². The molecule has 0 bridgehead atoms. The van der Waals surface area contributed by atoms with Crippen molar-refractivity contribution in [3.63, 3.8) is 0 Å². The van der Waals surface area contributed by atoms with E-state index in [4.69, 9.17) is 5.73 Å². The predicted molar refractivity (Wildman–Crippen MR) is 133 cm³/mol. The van der Waals surface area contributed by atoms with E-state index in [1.165, 1.54) is 4.90 Å². The van der Waals surface area contributed by atoms with Crippen molar-refractivity contribution in [2.75, 3.05) is 14.1 Å². The molecule has 192 valence electrons. The number of benzene rings is 1. The van der Waals surface area contributed by atoms with Gasteiger partial charge in [0, 0.05) is 17.1 Å². The summed E-state index contributed by atoms with van der Waals surface area (Å²) in [6.07, 6.45) is 5.34. The first-order chi connectivity index (χ1) is 16.9. The van der Waals surface area contributed by atoms with E-state index in [2.05, 4.69) is 0 Å². The van der Waals surface area contributed by atoms with Crippen LogP contribution in [0.5, 0.6) is 5.75 Å². The molecule has 1 fully saturated rings. The van der Waals surface area contributed by atoms with Crippen LogP contribution in [-0.2, 0) is 27.2 Å². The van der Waals surface area contributed by atoms with E-state index >= 15 is 0 Å². The highest BCUT2D eigenvalue weighted by Crippen LogP contribution is 2.53. The summed E-state index contributed by atoms with van der Waals surface area (Å²) in [4.78, 5) is 40.6. The number of primary amides is 1. The molecule has 0 radical (unpaired) electrons. The van der Waals surface area contributed by atoms with Gasteiger partial charge in [-0.15, -0.1) is 0 Å². The van der Waals surface area contributed by atoms with E-state index < -0.39 is 58.0 Å². The van der Waals surface area contributed by atoms with E-state index in [-0.39, 0.29) is 23.3 Å². The Bertz CT molecular complexity index is 1270. The zero-order chi connectivity index (χ0) is 26.7. The number of allylic oxidation sites excluding steroid dienone is 1. The summed E-state index contributed by atoms with van der Waals surface area (Å²) in [5.41, 5.74) is 4.02. The van der Waals surface area contributed by atoms with Gasteiger partial charge in [0.1, 0.15) is 22.8 Å². The van der Waals surface area contributed by atoms with Crippen molar-refractivity contribution in [3.05, 3.63) is 51.3 Å². The molecule has 0 spiro atoms. The van der Waals surface area contributed by atoms with Crippen LogP contribution in [0.1, 0.15) is 48.9 Å². The number of rotatable bonds is 5. The van der Waals surface area contributed by atoms with Gasteiger partial charge in [0.25, 0.3) is 5.91 Å². The van der Waals surface area contributed by atoms with Gasteiger partial charge >= 0.3 is 0 Å². The number of Topliss-reactive ketones (excluding diaryl/α,β-unsaturated/α-hetero) is 2. The van der Waals surface area contributed by atoms with Gasteiger partial charge in [0.05, 0.1) is 11.6 Å². The molecule has 0 saturated heterocycles. The lowest BCUT2D eigenvalue weighted by Crippen LogP contribution is -2.65. The Hall–Kier alpha value is -3.43. The highest BCUT2D eigenvalue weighted by molar-refractivity contribution is 6.24. The van der Waals surface area contributed by atoms with Crippen molar-refractivity contribution in [3.8, 4) is 5.75 Å². The Kier molecular flexibility index (Phi) is 6.34. The molecule has 9 nitrogen and oxygen atoms in total. The van der Waals surface area contributed by atoms with E-state index in [0.29, 0.717) is 24.0 Å². The highest BCUT2D eigenvalue weighted by Gasteiger charge is 2.64. The predicted octanol–water partition coefficient (Wildman–Crippen LogP) is 1.95. The lowest BCUT2D eigenvalue weighted by atomic mass is 9.57. The quantitative estimate of drug-likeness (QED) is 0.387. The number of likely N-dealkylation sites (N-methyl/N-ethyl adjacent to an activating group) is 1. The molecular weight excluding hydrogens is 464 g/mol. The van der Waals surface area contributed by atoms with Crippen LogP contribution in [0.25, 0.3) is 11.8 Å². The third kappa shape index (κ3) is 3.41. The minimum atomic E-state index is -2.63. The van der Waals surface area contributed by atoms with Crippen molar-refractivity contribution in [2.45, 2.75) is 51.2 Å². The molecule has 0 aromatic heterocycles. The highest BCUT2D eigenvalue weighted by atomic mass is 16.3. The lowest BCUT2D eigenvalue weighted by molar-refractivity contribution is -0.153. The van der Waals surface area contributed by atoms with Crippen LogP contribution in [0.3, 0.4) is 0 Å². The summed E-state index contributed by atoms with van der Waals surface area (Å²) in [7, 11) is 3.15. The standard InChI is InChI=1S/C27H32N2O7/c1-5-7-12-9-13(8-6-2)21(30)18-15(12)10-14-11-16-20(29(3)4)23(32)19(26(28)35)25(34)27(16,36)24(33)17(14)22(18)31/h6,8-9,14,16,20,30-31,34,36H,5,7,10-11H2,1-4H3,(H2,28,35)/b8-6+/t14-,16-,20-,27-/m1/s1. The Morgan fingerprint density at radius 3 is 2.47 bits per heavy atom. The van der Waals surface area contributed by atoms with Gasteiger partial charge in [-0.05, 0) is 63.4 Å². The van der Waals surface area contributed by atoms with Crippen molar-refractivity contribution in [1.29, 1.82) is 0 Å². The Labute approximate surface area is 209 Å². The van der Waals surface area contributed by atoms with Gasteiger partial charge < -0.3 is 26.2 Å². The summed E-state index contributed by atoms with van der Waals surface area (Å²) in [5.74, 6) is -6.41. The molecule has 3 aliphatic carbocycles. The maximum absolute atomic E-state index is 13.9. The Morgan fingerprint density at radius 2 is 1.92 bits per heavy atom. The van der Waals surface area contributed by atoms with Crippen LogP contribution >= 0.6 is 0 Å². The number of ketones is 2. The van der Waals surface area contributed by atoms with Crippen LogP contribution in [0.15, 0.2) is 29.0 Å². The van der Waals surface area contributed by atoms with Crippen LogP contribution in [-0.4, -0.2) is 68.5 Å². The normalized spacial score (nSPS) is 28.0. The van der Waals surface area contributed by atoms with Crippen molar-refractivity contribution < 1.29 is 34.8 Å². The molecule has 1 saturated carbocycles. The molecule has 9 heteroatoms. The second-order valence-electron chi connectivity index (χ2n) is 10.0. The number of nitrogens with two attached hydrogens (primary N) is 1. The molecule has 4 atom stereocenters. The average Bonchev–Trinajstić information content (AvgIpc) is 2.79. The third-order valence-electron chi connectivity index (χ3n) is 7.71. The topological polar surface area (TPSA) is 161 Å². The number of aromatic hydroxyl groups is 1. The molecule has 36 heavy (non-hydrogen) atoms. The minimum Gasteiger partial charge on any atom is -0.508 e. The summed E-state index contributed by atoms with van der Waals surface area (Å²) >= 11 is 0. The molecule has 6 N–H and O–H groups in total. The van der Waals surface area contributed by atoms with Crippen molar-refractivity contribution in [1.82, 2.24) is 4.90 Å². The maximum Gasteiger partial charge on any atom is 0.255 e. The smallest absolute Gasteiger partial charge is 0.255 e. The van der Waals surface area contributed by atoms with Crippen LogP contribution < -0.4 is 5.73 Å². The van der Waals surface area contributed by atoms with E-state index in [1.807, 2.05) is 13.0 Å². The van der Waals surface area contributed by atoms with Crippen LogP contribution in [0, 0.1) is 11.8 Å². The summed E-state index contributed by atoms with van der Waals surface area (Å²) in [6.45, 7) is 3.81. The Balaban J connectivity index is 2.00. The number of fused-ring (bicyclic) bond motifs is 3. The molecule has 0 heterocycles. The molecule has 3 aliphatic rings. The van der Waals surface area contributed by atoms with Gasteiger partial charge in [-0.3, -0.25) is 19.3 Å². The monoisotopic (exact) mass is 496 g/mol. The first kappa shape index (κ1) is 25.7. The molecule has 1 aromatic carbocycles. The second kappa shape index (κ2) is 8.90. The van der Waals surface area contributed by atoms with Gasteiger partial charge in [-0.1, -0.05) is 25.5 Å². The Morgan fingerprint density at radius 1 is 1.25 bits per heavy atom. The number of aliphatic hydroxyl groups excluding tert-OH is 2. The van der Waals surface area contributed by atoms with E-state index in [0.717, 1.165) is 12.0 Å². The van der Waals surface area contributed by atoms with Gasteiger partial charge in [-0.25, -0.2) is 0 Å². The first-order valence-corrected chi connectivity index (χ1v) is 12.1. The molecule has 4 rings (SSSR count). The first-order valence-electron chi connectivity index (χ1n) is 12.1. The molecule has 1 amide bonds.